The Kier molecular flexibility index (Phi) is 3.96. The Bertz CT molecular complexity index is 357. The highest BCUT2D eigenvalue weighted by Gasteiger charge is 2.27. The van der Waals surface area contributed by atoms with Crippen LogP contribution in [0.25, 0.3) is 0 Å². The second-order valence-electron chi connectivity index (χ2n) is 5.78. The Labute approximate surface area is 111 Å². The van der Waals surface area contributed by atoms with Gasteiger partial charge in [0.15, 0.2) is 0 Å². The van der Waals surface area contributed by atoms with Crippen molar-refractivity contribution in [2.75, 3.05) is 19.8 Å². The Hall–Kier alpha value is -0.860. The van der Waals surface area contributed by atoms with Crippen molar-refractivity contribution < 1.29 is 0 Å². The molecule has 0 N–H and O–H groups in total. The van der Waals surface area contributed by atoms with Crippen molar-refractivity contribution in [2.24, 2.45) is 0 Å². The number of hydrogen-bond donors (Lipinski definition) is 0. The fraction of sp³-hybridized carbons (Fsp3) is 0.625. The molecule has 3 rings (SSSR count). The maximum Gasteiger partial charge on any atom is 0.0513 e. The van der Waals surface area contributed by atoms with E-state index in [4.69, 9.17) is 0 Å². The second-order valence-corrected chi connectivity index (χ2v) is 5.78. The zero-order chi connectivity index (χ0) is 12.2. The highest BCUT2D eigenvalue weighted by molar-refractivity contribution is 5.14. The smallest absolute Gasteiger partial charge is 0.0513 e. The van der Waals surface area contributed by atoms with E-state index >= 15 is 0 Å². The first kappa shape index (κ1) is 12.2. The normalized spacial score (nSPS) is 23.6. The van der Waals surface area contributed by atoms with Crippen LogP contribution in [0.15, 0.2) is 30.3 Å². The molecule has 1 saturated heterocycles. The van der Waals surface area contributed by atoms with Crippen LogP contribution < -0.4 is 0 Å². The molecule has 1 aliphatic heterocycles. The highest BCUT2D eigenvalue weighted by Crippen LogP contribution is 2.25. The van der Waals surface area contributed by atoms with Crippen LogP contribution in [0, 0.1) is 0 Å². The Balaban J connectivity index is 1.52. The molecule has 0 bridgehead atoms. The first-order valence-corrected chi connectivity index (χ1v) is 7.42. The zero-order valence-electron chi connectivity index (χ0n) is 11.2. The third kappa shape index (κ3) is 2.93. The molecule has 1 aromatic carbocycles. The van der Waals surface area contributed by atoms with Gasteiger partial charge in [-0.25, -0.2) is 0 Å². The SMILES string of the molecule is c1ccc(CN2CCN(C3CCCCC3)C2)cc1. The van der Waals surface area contributed by atoms with Crippen LogP contribution >= 0.6 is 0 Å². The minimum absolute atomic E-state index is 0.875. The van der Waals surface area contributed by atoms with Gasteiger partial charge in [-0.2, -0.15) is 0 Å². The number of nitrogens with zero attached hydrogens (tertiary/aromatic N) is 2. The van der Waals surface area contributed by atoms with Gasteiger partial charge < -0.3 is 0 Å². The van der Waals surface area contributed by atoms with Gasteiger partial charge in [-0.15, -0.1) is 0 Å². The molecule has 0 unspecified atom stereocenters. The van der Waals surface area contributed by atoms with Gasteiger partial charge in [-0.05, 0) is 18.4 Å². The summed E-state index contributed by atoms with van der Waals surface area (Å²) in [5.41, 5.74) is 1.45. The standard InChI is InChI=1S/C16H24N2/c1-3-7-15(8-4-1)13-17-11-12-18(14-17)16-9-5-2-6-10-16/h1,3-4,7-8,16H,2,5-6,9-14H2. The van der Waals surface area contributed by atoms with Crippen molar-refractivity contribution >= 4 is 0 Å². The topological polar surface area (TPSA) is 6.48 Å². The van der Waals surface area contributed by atoms with E-state index in [1.54, 1.807) is 0 Å². The summed E-state index contributed by atoms with van der Waals surface area (Å²) in [7, 11) is 0. The van der Waals surface area contributed by atoms with E-state index in [1.807, 2.05) is 0 Å². The summed E-state index contributed by atoms with van der Waals surface area (Å²) in [5.74, 6) is 0. The van der Waals surface area contributed by atoms with E-state index in [1.165, 1.54) is 57.4 Å². The van der Waals surface area contributed by atoms with Gasteiger partial charge >= 0.3 is 0 Å². The number of benzene rings is 1. The largest absolute Gasteiger partial charge is 0.286 e. The summed E-state index contributed by atoms with van der Waals surface area (Å²) >= 11 is 0. The van der Waals surface area contributed by atoms with Gasteiger partial charge in [-0.1, -0.05) is 49.6 Å². The molecule has 1 heterocycles. The summed E-state index contributed by atoms with van der Waals surface area (Å²) < 4.78 is 0. The Morgan fingerprint density at radius 3 is 2.50 bits per heavy atom. The molecular formula is C16H24N2. The number of hydrogen-bond acceptors (Lipinski definition) is 2. The van der Waals surface area contributed by atoms with Gasteiger partial charge in [0.1, 0.15) is 0 Å². The lowest BCUT2D eigenvalue weighted by atomic mass is 9.94. The molecule has 2 fully saturated rings. The average molecular weight is 244 g/mol. The molecule has 2 nitrogen and oxygen atoms in total. The molecular weight excluding hydrogens is 220 g/mol. The summed E-state index contributed by atoms with van der Waals surface area (Å²) in [6, 6.07) is 11.7. The fourth-order valence-electron chi connectivity index (χ4n) is 3.38. The van der Waals surface area contributed by atoms with Crippen molar-refractivity contribution in [3.63, 3.8) is 0 Å². The first-order valence-electron chi connectivity index (χ1n) is 7.42. The fourth-order valence-corrected chi connectivity index (χ4v) is 3.38. The van der Waals surface area contributed by atoms with Crippen LogP contribution in [0.1, 0.15) is 37.7 Å². The summed E-state index contributed by atoms with van der Waals surface area (Å²) in [6.07, 6.45) is 7.20. The lowest BCUT2D eigenvalue weighted by Gasteiger charge is -2.30. The molecule has 2 aliphatic rings. The highest BCUT2D eigenvalue weighted by atomic mass is 15.4. The molecule has 1 aliphatic carbocycles. The third-order valence-corrected chi connectivity index (χ3v) is 4.43. The average Bonchev–Trinajstić information content (AvgIpc) is 2.89. The van der Waals surface area contributed by atoms with Crippen LogP contribution in [0.2, 0.25) is 0 Å². The third-order valence-electron chi connectivity index (χ3n) is 4.43. The van der Waals surface area contributed by atoms with Crippen molar-refractivity contribution in [3.8, 4) is 0 Å². The van der Waals surface area contributed by atoms with E-state index in [2.05, 4.69) is 40.1 Å². The van der Waals surface area contributed by atoms with Gasteiger partial charge in [0.25, 0.3) is 0 Å². The monoisotopic (exact) mass is 244 g/mol. The maximum atomic E-state index is 2.71. The first-order chi connectivity index (χ1) is 8.92. The summed E-state index contributed by atoms with van der Waals surface area (Å²) in [6.45, 7) is 4.81. The summed E-state index contributed by atoms with van der Waals surface area (Å²) in [5, 5.41) is 0. The molecule has 18 heavy (non-hydrogen) atoms. The predicted molar refractivity (Wildman–Crippen MR) is 75.3 cm³/mol. The van der Waals surface area contributed by atoms with Crippen LogP contribution in [-0.2, 0) is 6.54 Å². The summed E-state index contributed by atoms with van der Waals surface area (Å²) in [4.78, 5) is 5.30. The number of rotatable bonds is 3. The van der Waals surface area contributed by atoms with Crippen molar-refractivity contribution in [1.29, 1.82) is 0 Å². The van der Waals surface area contributed by atoms with E-state index in [9.17, 15) is 0 Å². The molecule has 1 aromatic rings. The molecule has 98 valence electrons. The minimum Gasteiger partial charge on any atom is -0.286 e. The van der Waals surface area contributed by atoms with Gasteiger partial charge in [0.2, 0.25) is 0 Å². The Morgan fingerprint density at radius 2 is 1.72 bits per heavy atom. The lowest BCUT2D eigenvalue weighted by Crippen LogP contribution is -2.36. The molecule has 0 aromatic heterocycles. The van der Waals surface area contributed by atoms with E-state index in [0.717, 1.165) is 12.6 Å². The van der Waals surface area contributed by atoms with Gasteiger partial charge in [0, 0.05) is 25.7 Å². The van der Waals surface area contributed by atoms with Gasteiger partial charge in [0.05, 0.1) is 6.67 Å². The quantitative estimate of drug-likeness (QED) is 0.806. The van der Waals surface area contributed by atoms with Crippen LogP contribution in [-0.4, -0.2) is 35.6 Å². The second kappa shape index (κ2) is 5.85. The van der Waals surface area contributed by atoms with Crippen molar-refractivity contribution in [3.05, 3.63) is 35.9 Å². The van der Waals surface area contributed by atoms with Crippen LogP contribution in [0.4, 0.5) is 0 Å². The molecule has 2 heteroatoms. The molecule has 0 radical (unpaired) electrons. The van der Waals surface area contributed by atoms with Crippen molar-refractivity contribution in [2.45, 2.75) is 44.7 Å². The molecule has 1 saturated carbocycles. The molecule has 0 atom stereocenters. The van der Waals surface area contributed by atoms with Crippen molar-refractivity contribution in [1.82, 2.24) is 9.80 Å². The molecule has 0 spiro atoms. The van der Waals surface area contributed by atoms with E-state index in [-0.39, 0.29) is 0 Å². The van der Waals surface area contributed by atoms with E-state index < -0.39 is 0 Å². The maximum absolute atomic E-state index is 2.71. The van der Waals surface area contributed by atoms with Crippen LogP contribution in [0.5, 0.6) is 0 Å². The zero-order valence-corrected chi connectivity index (χ0v) is 11.2. The predicted octanol–water partition coefficient (Wildman–Crippen LogP) is 3.09. The van der Waals surface area contributed by atoms with Gasteiger partial charge in [-0.3, -0.25) is 9.80 Å². The van der Waals surface area contributed by atoms with E-state index in [0.29, 0.717) is 0 Å². The van der Waals surface area contributed by atoms with Crippen LogP contribution in [0.3, 0.4) is 0 Å². The molecule has 0 amide bonds. The minimum atomic E-state index is 0.875. The Morgan fingerprint density at radius 1 is 0.944 bits per heavy atom. The lowest BCUT2D eigenvalue weighted by molar-refractivity contribution is 0.155.